The summed E-state index contributed by atoms with van der Waals surface area (Å²) in [4.78, 5) is 4.75. The molecule has 100 valence electrons. The molecule has 2 aromatic rings. The predicted octanol–water partition coefficient (Wildman–Crippen LogP) is 2.81. The van der Waals surface area contributed by atoms with Crippen LogP contribution in [-0.2, 0) is 6.54 Å². The van der Waals surface area contributed by atoms with Crippen molar-refractivity contribution >= 4 is 0 Å². The van der Waals surface area contributed by atoms with Crippen LogP contribution in [0, 0.1) is 6.92 Å². The smallest absolute Gasteiger partial charge is 0.0766 e. The Hall–Kier alpha value is -1.68. The highest BCUT2D eigenvalue weighted by Gasteiger charge is 2.30. The van der Waals surface area contributed by atoms with Gasteiger partial charge in [0.05, 0.1) is 17.6 Å². The molecule has 2 N–H and O–H groups in total. The summed E-state index contributed by atoms with van der Waals surface area (Å²) >= 11 is 0. The van der Waals surface area contributed by atoms with Gasteiger partial charge in [-0.25, -0.2) is 0 Å². The fourth-order valence-corrected chi connectivity index (χ4v) is 2.53. The van der Waals surface area contributed by atoms with E-state index in [2.05, 4.69) is 41.5 Å². The summed E-state index contributed by atoms with van der Waals surface area (Å²) < 4.78 is 0. The van der Waals surface area contributed by atoms with Gasteiger partial charge in [-0.1, -0.05) is 6.07 Å². The van der Waals surface area contributed by atoms with Crippen LogP contribution >= 0.6 is 0 Å². The first-order valence-electron chi connectivity index (χ1n) is 6.87. The minimum atomic E-state index is 0.322. The molecule has 4 nitrogen and oxygen atoms in total. The normalized spacial score (nSPS) is 17.2. The maximum atomic E-state index is 4.75. The molecule has 0 radical (unpaired) electrons. The number of pyridine rings is 1. The van der Waals surface area contributed by atoms with Crippen LogP contribution < -0.4 is 5.32 Å². The van der Waals surface area contributed by atoms with Crippen molar-refractivity contribution in [2.24, 2.45) is 0 Å². The number of H-pyrrole nitrogens is 1. The number of nitrogens with zero attached hydrogens (tertiary/aromatic N) is 2. The van der Waals surface area contributed by atoms with E-state index >= 15 is 0 Å². The second kappa shape index (κ2) is 4.78. The minimum Gasteiger partial charge on any atom is -0.306 e. The molecule has 19 heavy (non-hydrogen) atoms. The molecule has 0 amide bonds. The summed E-state index contributed by atoms with van der Waals surface area (Å²) in [5, 5.41) is 10.5. The molecule has 1 fully saturated rings. The standard InChI is InChI=1S/C15H20N4/c1-11-4-5-13(10-16-15(2)6-3-7-15)19-14(11)12-8-17-18-9-12/h4-5,8-9,16H,3,6-7,10H2,1-2H3,(H,17,18). The fraction of sp³-hybridized carbons (Fsp3) is 0.467. The SMILES string of the molecule is Cc1ccc(CNC2(C)CCC2)nc1-c1cn[nH]c1. The zero-order chi connectivity index (χ0) is 13.3. The van der Waals surface area contributed by atoms with Gasteiger partial charge in [-0.15, -0.1) is 0 Å². The molecule has 1 saturated carbocycles. The molecule has 0 aliphatic heterocycles. The number of nitrogens with one attached hydrogen (secondary N) is 2. The van der Waals surface area contributed by atoms with Gasteiger partial charge in [0.15, 0.2) is 0 Å². The van der Waals surface area contributed by atoms with Gasteiger partial charge in [0, 0.05) is 23.8 Å². The molecule has 3 rings (SSSR count). The fourth-order valence-electron chi connectivity index (χ4n) is 2.53. The summed E-state index contributed by atoms with van der Waals surface area (Å²) in [5.74, 6) is 0. The molecule has 0 saturated heterocycles. The van der Waals surface area contributed by atoms with E-state index < -0.39 is 0 Å². The second-order valence-electron chi connectivity index (χ2n) is 5.72. The van der Waals surface area contributed by atoms with Crippen LogP contribution in [0.2, 0.25) is 0 Å². The largest absolute Gasteiger partial charge is 0.306 e. The van der Waals surface area contributed by atoms with Crippen LogP contribution in [0.5, 0.6) is 0 Å². The maximum absolute atomic E-state index is 4.75. The van der Waals surface area contributed by atoms with Gasteiger partial charge < -0.3 is 5.32 Å². The van der Waals surface area contributed by atoms with Crippen molar-refractivity contribution in [2.45, 2.75) is 45.2 Å². The third kappa shape index (κ3) is 2.54. The lowest BCUT2D eigenvalue weighted by atomic mass is 9.78. The van der Waals surface area contributed by atoms with Gasteiger partial charge in [0.25, 0.3) is 0 Å². The number of hydrogen-bond acceptors (Lipinski definition) is 3. The maximum Gasteiger partial charge on any atom is 0.0766 e. The van der Waals surface area contributed by atoms with Gasteiger partial charge >= 0.3 is 0 Å². The van der Waals surface area contributed by atoms with Gasteiger partial charge in [-0.3, -0.25) is 10.1 Å². The third-order valence-electron chi connectivity index (χ3n) is 4.08. The average molecular weight is 256 g/mol. The topological polar surface area (TPSA) is 53.6 Å². The number of rotatable bonds is 4. The second-order valence-corrected chi connectivity index (χ2v) is 5.72. The highest BCUT2D eigenvalue weighted by Crippen LogP contribution is 2.31. The lowest BCUT2D eigenvalue weighted by molar-refractivity contribution is 0.206. The Morgan fingerprint density at radius 3 is 2.84 bits per heavy atom. The Bertz CT molecular complexity index is 556. The minimum absolute atomic E-state index is 0.322. The van der Waals surface area contributed by atoms with Crippen LogP contribution in [0.25, 0.3) is 11.3 Å². The van der Waals surface area contributed by atoms with E-state index in [1.165, 1.54) is 24.8 Å². The molecule has 0 unspecified atom stereocenters. The molecule has 0 aromatic carbocycles. The summed E-state index contributed by atoms with van der Waals surface area (Å²) in [6.45, 7) is 5.21. The van der Waals surface area contributed by atoms with Crippen LogP contribution in [-0.4, -0.2) is 20.7 Å². The molecule has 2 heterocycles. The predicted molar refractivity (Wildman–Crippen MR) is 75.7 cm³/mol. The first-order chi connectivity index (χ1) is 9.16. The van der Waals surface area contributed by atoms with E-state index in [1.54, 1.807) is 0 Å². The van der Waals surface area contributed by atoms with E-state index in [-0.39, 0.29) is 0 Å². The van der Waals surface area contributed by atoms with Gasteiger partial charge in [0.1, 0.15) is 0 Å². The first-order valence-corrected chi connectivity index (χ1v) is 6.87. The lowest BCUT2D eigenvalue weighted by Crippen LogP contribution is -2.47. The molecule has 2 aromatic heterocycles. The highest BCUT2D eigenvalue weighted by molar-refractivity contribution is 5.61. The zero-order valence-electron chi connectivity index (χ0n) is 11.5. The van der Waals surface area contributed by atoms with Crippen molar-refractivity contribution in [1.29, 1.82) is 0 Å². The molecule has 0 bridgehead atoms. The quantitative estimate of drug-likeness (QED) is 0.884. The average Bonchev–Trinajstić information content (AvgIpc) is 2.89. The summed E-state index contributed by atoms with van der Waals surface area (Å²) in [6.07, 6.45) is 7.59. The Morgan fingerprint density at radius 1 is 1.37 bits per heavy atom. The molecule has 1 aliphatic carbocycles. The first kappa shape index (κ1) is 12.4. The number of hydrogen-bond donors (Lipinski definition) is 2. The van der Waals surface area contributed by atoms with Crippen molar-refractivity contribution in [2.75, 3.05) is 0 Å². The molecular formula is C15H20N4. The van der Waals surface area contributed by atoms with E-state index in [1.807, 2.05) is 12.4 Å². The third-order valence-corrected chi connectivity index (χ3v) is 4.08. The number of aromatic nitrogens is 3. The molecule has 0 atom stereocenters. The van der Waals surface area contributed by atoms with Crippen molar-refractivity contribution in [3.8, 4) is 11.3 Å². The Balaban J connectivity index is 1.77. The van der Waals surface area contributed by atoms with Crippen LogP contribution in [0.15, 0.2) is 24.5 Å². The van der Waals surface area contributed by atoms with Crippen LogP contribution in [0.3, 0.4) is 0 Å². The van der Waals surface area contributed by atoms with Crippen molar-refractivity contribution in [3.05, 3.63) is 35.8 Å². The van der Waals surface area contributed by atoms with Crippen molar-refractivity contribution in [1.82, 2.24) is 20.5 Å². The monoisotopic (exact) mass is 256 g/mol. The van der Waals surface area contributed by atoms with Crippen molar-refractivity contribution in [3.63, 3.8) is 0 Å². The van der Waals surface area contributed by atoms with Crippen molar-refractivity contribution < 1.29 is 0 Å². The summed E-state index contributed by atoms with van der Waals surface area (Å²) in [5.41, 5.74) is 4.67. The Morgan fingerprint density at radius 2 is 2.21 bits per heavy atom. The molecule has 0 spiro atoms. The van der Waals surface area contributed by atoms with E-state index in [0.717, 1.165) is 23.5 Å². The zero-order valence-corrected chi connectivity index (χ0v) is 11.5. The Kier molecular flexibility index (Phi) is 3.11. The summed E-state index contributed by atoms with van der Waals surface area (Å²) in [6, 6.07) is 4.24. The number of aromatic amines is 1. The molecule has 4 heteroatoms. The van der Waals surface area contributed by atoms with Crippen LogP contribution in [0.4, 0.5) is 0 Å². The van der Waals surface area contributed by atoms with Gasteiger partial charge in [0.2, 0.25) is 0 Å². The number of aryl methyl sites for hydroxylation is 1. The van der Waals surface area contributed by atoms with E-state index in [9.17, 15) is 0 Å². The summed E-state index contributed by atoms with van der Waals surface area (Å²) in [7, 11) is 0. The molecule has 1 aliphatic rings. The van der Waals surface area contributed by atoms with Gasteiger partial charge in [-0.2, -0.15) is 5.10 Å². The van der Waals surface area contributed by atoms with E-state index in [0.29, 0.717) is 5.54 Å². The Labute approximate surface area is 113 Å². The van der Waals surface area contributed by atoms with Crippen LogP contribution in [0.1, 0.15) is 37.4 Å². The highest BCUT2D eigenvalue weighted by atomic mass is 15.1. The van der Waals surface area contributed by atoms with E-state index in [4.69, 9.17) is 4.98 Å². The molecular weight excluding hydrogens is 236 g/mol. The lowest BCUT2D eigenvalue weighted by Gasteiger charge is -2.39. The van der Waals surface area contributed by atoms with Gasteiger partial charge in [-0.05, 0) is 44.7 Å².